The number of piperidine rings is 1. The lowest BCUT2D eigenvalue weighted by atomic mass is 9.92. The summed E-state index contributed by atoms with van der Waals surface area (Å²) in [6.45, 7) is 13.4. The second kappa shape index (κ2) is 13.9. The summed E-state index contributed by atoms with van der Waals surface area (Å²) in [5.41, 5.74) is 4.50. The average Bonchev–Trinajstić information content (AvgIpc) is 3.24. The summed E-state index contributed by atoms with van der Waals surface area (Å²) in [5.74, 6) is 0.116. The highest BCUT2D eigenvalue weighted by Gasteiger charge is 2.43. The van der Waals surface area contributed by atoms with Crippen molar-refractivity contribution in [3.05, 3.63) is 59.7 Å². The number of fused-ring (bicyclic) bond motifs is 1. The number of amides is 4. The number of carbonyl (C=O) groups is 3. The number of anilines is 2. The molecule has 0 saturated carbocycles. The largest absolute Gasteiger partial charge is 0.369 e. The van der Waals surface area contributed by atoms with Crippen LogP contribution in [0.3, 0.4) is 0 Å². The number of likely N-dealkylation sites (tertiary alicyclic amines) is 1. The van der Waals surface area contributed by atoms with E-state index >= 15 is 0 Å². The van der Waals surface area contributed by atoms with Crippen molar-refractivity contribution in [2.45, 2.75) is 69.5 Å². The number of hydrogen-bond acceptors (Lipinski definition) is 6. The Balaban J connectivity index is 0.00000433. The second-order valence-electron chi connectivity index (χ2n) is 14.5. The minimum absolute atomic E-state index is 0. The van der Waals surface area contributed by atoms with E-state index in [4.69, 9.17) is 0 Å². The van der Waals surface area contributed by atoms with Crippen molar-refractivity contribution in [3.63, 3.8) is 0 Å². The summed E-state index contributed by atoms with van der Waals surface area (Å²) in [5, 5.41) is 2.60. The number of urea groups is 1. The van der Waals surface area contributed by atoms with Crippen LogP contribution in [0.2, 0.25) is 0 Å². The molecule has 0 bridgehead atoms. The zero-order valence-electron chi connectivity index (χ0n) is 27.9. The van der Waals surface area contributed by atoms with E-state index in [1.807, 2.05) is 32.9 Å². The molecule has 3 saturated heterocycles. The van der Waals surface area contributed by atoms with Gasteiger partial charge in [-0.05, 0) is 67.5 Å². The summed E-state index contributed by atoms with van der Waals surface area (Å²) in [6, 6.07) is 16.8. The summed E-state index contributed by atoms with van der Waals surface area (Å²) in [4.78, 5) is 51.2. The van der Waals surface area contributed by atoms with Gasteiger partial charge in [0.25, 0.3) is 0 Å². The standard InChI is InChI=1S/C36H50N6O3S.H2/c1-36(2,3)16-20-42-33(44)31(46-34(42)27-9-11-28(12-10-27)39-23-21-38(4)22-24-39)25-32(43)40-17-14-29(15-18-40)41-19-13-26-7-5-6-8-30(26)37-35(41)45;/h5-12,29,31,34H,13-25H2,1-4H3,(H,37,45);1H. The Labute approximate surface area is 280 Å². The quantitative estimate of drug-likeness (QED) is 0.425. The fraction of sp³-hybridized carbons (Fsp3) is 0.583. The highest BCUT2D eigenvalue weighted by atomic mass is 32.2. The van der Waals surface area contributed by atoms with E-state index < -0.39 is 0 Å². The maximum absolute atomic E-state index is 13.9. The maximum atomic E-state index is 13.9. The number of benzene rings is 2. The van der Waals surface area contributed by atoms with E-state index in [1.165, 1.54) is 5.69 Å². The number of carbonyl (C=O) groups excluding carboxylic acids is 3. The van der Waals surface area contributed by atoms with E-state index in [1.54, 1.807) is 11.8 Å². The minimum atomic E-state index is -0.387. The number of nitrogens with zero attached hydrogens (tertiary/aromatic N) is 5. The van der Waals surface area contributed by atoms with Crippen LogP contribution in [0.1, 0.15) is 64.4 Å². The monoisotopic (exact) mass is 648 g/mol. The van der Waals surface area contributed by atoms with Crippen LogP contribution in [-0.2, 0) is 16.0 Å². The minimum Gasteiger partial charge on any atom is -0.369 e. The summed E-state index contributed by atoms with van der Waals surface area (Å²) >= 11 is 1.63. The molecule has 2 unspecified atom stereocenters. The van der Waals surface area contributed by atoms with E-state index in [0.29, 0.717) is 26.2 Å². The Morgan fingerprint density at radius 3 is 2.33 bits per heavy atom. The van der Waals surface area contributed by atoms with Gasteiger partial charge in [0, 0.05) is 77.6 Å². The average molecular weight is 649 g/mol. The third-order valence-corrected chi connectivity index (χ3v) is 11.5. The molecule has 2 aromatic carbocycles. The SMILES string of the molecule is CN1CCN(c2ccc(C3SC(CC(=O)N4CCC(N5CCc6ccccc6NC5=O)CC4)C(=O)N3CCC(C)(C)C)cc2)CC1.[HH]. The fourth-order valence-electron chi connectivity index (χ4n) is 7.03. The molecule has 4 aliphatic rings. The first-order chi connectivity index (χ1) is 22.1. The van der Waals surface area contributed by atoms with Crippen molar-refractivity contribution in [2.24, 2.45) is 5.41 Å². The van der Waals surface area contributed by atoms with Crippen LogP contribution in [0.15, 0.2) is 48.5 Å². The number of para-hydroxylation sites is 1. The predicted octanol–water partition coefficient (Wildman–Crippen LogP) is 5.53. The van der Waals surface area contributed by atoms with Gasteiger partial charge in [0.2, 0.25) is 11.8 Å². The lowest BCUT2D eigenvalue weighted by Crippen LogP contribution is -2.50. The highest BCUT2D eigenvalue weighted by molar-refractivity contribution is 8.01. The first-order valence-corrected chi connectivity index (χ1v) is 17.9. The number of nitrogens with one attached hydrogen (secondary N) is 1. The molecule has 10 heteroatoms. The Hall–Kier alpha value is -3.24. The topological polar surface area (TPSA) is 79.4 Å². The smallest absolute Gasteiger partial charge is 0.322 e. The number of hydrogen-bond donors (Lipinski definition) is 1. The van der Waals surface area contributed by atoms with Crippen molar-refractivity contribution in [1.82, 2.24) is 19.6 Å². The van der Waals surface area contributed by atoms with Crippen molar-refractivity contribution in [1.29, 1.82) is 0 Å². The number of piperazine rings is 1. The van der Waals surface area contributed by atoms with Crippen LogP contribution in [0.5, 0.6) is 0 Å². The zero-order chi connectivity index (χ0) is 32.4. The van der Waals surface area contributed by atoms with E-state index in [0.717, 1.165) is 68.7 Å². The normalized spacial score (nSPS) is 23.4. The number of thioether (sulfide) groups is 1. The van der Waals surface area contributed by atoms with Crippen molar-refractivity contribution >= 4 is 41.0 Å². The van der Waals surface area contributed by atoms with Crippen LogP contribution in [0, 0.1) is 5.41 Å². The van der Waals surface area contributed by atoms with Crippen LogP contribution in [0.25, 0.3) is 0 Å². The van der Waals surface area contributed by atoms with E-state index in [2.05, 4.69) is 73.3 Å². The van der Waals surface area contributed by atoms with Gasteiger partial charge in [0.05, 0.1) is 5.25 Å². The Kier molecular flexibility index (Phi) is 9.85. The van der Waals surface area contributed by atoms with Crippen molar-refractivity contribution in [2.75, 3.05) is 69.6 Å². The molecule has 1 N–H and O–H groups in total. The van der Waals surface area contributed by atoms with E-state index in [-0.39, 0.29) is 47.8 Å². The maximum Gasteiger partial charge on any atom is 0.322 e. The molecule has 3 fully saturated rings. The Bertz CT molecular complexity index is 1400. The molecule has 6 rings (SSSR count). The molecule has 0 radical (unpaired) electrons. The second-order valence-corrected chi connectivity index (χ2v) is 15.8. The van der Waals surface area contributed by atoms with Gasteiger partial charge in [-0.25, -0.2) is 4.79 Å². The summed E-state index contributed by atoms with van der Waals surface area (Å²) in [6.07, 6.45) is 3.44. The molecule has 0 aromatic heterocycles. The lowest BCUT2D eigenvalue weighted by molar-refractivity contribution is -0.137. The Morgan fingerprint density at radius 1 is 0.935 bits per heavy atom. The Morgan fingerprint density at radius 2 is 1.63 bits per heavy atom. The van der Waals surface area contributed by atoms with Gasteiger partial charge in [-0.1, -0.05) is 51.1 Å². The van der Waals surface area contributed by atoms with Gasteiger partial charge in [-0.2, -0.15) is 0 Å². The fourth-order valence-corrected chi connectivity index (χ4v) is 8.50. The van der Waals surface area contributed by atoms with Gasteiger partial charge in [-0.15, -0.1) is 11.8 Å². The van der Waals surface area contributed by atoms with Crippen LogP contribution in [-0.4, -0.2) is 108 Å². The molecule has 4 amide bonds. The molecule has 250 valence electrons. The van der Waals surface area contributed by atoms with Crippen LogP contribution in [0.4, 0.5) is 16.2 Å². The molecule has 0 spiro atoms. The zero-order valence-corrected chi connectivity index (χ0v) is 28.7. The molecule has 2 atom stereocenters. The molecule has 46 heavy (non-hydrogen) atoms. The highest BCUT2D eigenvalue weighted by Crippen LogP contribution is 2.45. The van der Waals surface area contributed by atoms with E-state index in [9.17, 15) is 14.4 Å². The first-order valence-electron chi connectivity index (χ1n) is 17.0. The molecular weight excluding hydrogens is 597 g/mol. The molecule has 9 nitrogen and oxygen atoms in total. The van der Waals surface area contributed by atoms with Crippen LogP contribution < -0.4 is 10.2 Å². The number of likely N-dealkylation sites (N-methyl/N-ethyl adjacent to an activating group) is 1. The van der Waals surface area contributed by atoms with Crippen LogP contribution >= 0.6 is 11.8 Å². The van der Waals surface area contributed by atoms with Gasteiger partial charge in [0.1, 0.15) is 5.37 Å². The molecule has 2 aromatic rings. The van der Waals surface area contributed by atoms with Gasteiger partial charge < -0.3 is 29.8 Å². The molecular formula is C36H52N6O3S. The molecule has 4 heterocycles. The molecule has 4 aliphatic heterocycles. The van der Waals surface area contributed by atoms with Gasteiger partial charge >= 0.3 is 6.03 Å². The number of rotatable bonds is 7. The van der Waals surface area contributed by atoms with Gasteiger partial charge in [0.15, 0.2) is 0 Å². The summed E-state index contributed by atoms with van der Waals surface area (Å²) in [7, 11) is 2.17. The molecule has 0 aliphatic carbocycles. The first kappa shape index (κ1) is 32.7. The summed E-state index contributed by atoms with van der Waals surface area (Å²) < 4.78 is 0. The third kappa shape index (κ3) is 7.49. The third-order valence-electron chi connectivity index (χ3n) is 10.0. The van der Waals surface area contributed by atoms with Crippen molar-refractivity contribution in [3.8, 4) is 0 Å². The predicted molar refractivity (Wildman–Crippen MR) is 188 cm³/mol. The van der Waals surface area contributed by atoms with Gasteiger partial charge in [-0.3, -0.25) is 9.59 Å². The lowest BCUT2D eigenvalue weighted by Gasteiger charge is -2.38. The van der Waals surface area contributed by atoms with Crippen molar-refractivity contribution < 1.29 is 15.8 Å².